The highest BCUT2D eigenvalue weighted by Crippen LogP contribution is 2.18. The van der Waals surface area contributed by atoms with Crippen LogP contribution in [0.1, 0.15) is 39.9 Å². The van der Waals surface area contributed by atoms with Crippen LogP contribution in [0.5, 0.6) is 0 Å². The Bertz CT molecular complexity index is 542. The Morgan fingerprint density at radius 2 is 1.95 bits per heavy atom. The molecule has 1 unspecified atom stereocenters. The van der Waals surface area contributed by atoms with Crippen molar-refractivity contribution in [2.24, 2.45) is 5.92 Å². The largest absolute Gasteiger partial charge is 0.328 e. The van der Waals surface area contributed by atoms with Crippen molar-refractivity contribution in [3.63, 3.8) is 0 Å². The van der Waals surface area contributed by atoms with Gasteiger partial charge in [0.1, 0.15) is 5.82 Å². The molecule has 0 fully saturated rings. The van der Waals surface area contributed by atoms with E-state index in [2.05, 4.69) is 61.8 Å². The van der Waals surface area contributed by atoms with E-state index < -0.39 is 0 Å². The van der Waals surface area contributed by atoms with E-state index in [1.807, 2.05) is 0 Å². The molecule has 0 saturated heterocycles. The molecule has 1 N–H and O–H groups in total. The van der Waals surface area contributed by atoms with Gasteiger partial charge < -0.3 is 9.88 Å². The molecule has 110 valence electrons. The standard InChI is InChI=1S/C17H27N3/c1-5-11-18-15(13(3)4)12-17-19-14-9-7-8-10-16(14)20(17)6-2/h7-10,13,15,18H,5-6,11-12H2,1-4H3. The van der Waals surface area contributed by atoms with E-state index in [-0.39, 0.29) is 0 Å². The van der Waals surface area contributed by atoms with E-state index in [0.717, 1.165) is 25.0 Å². The first-order valence-electron chi connectivity index (χ1n) is 7.84. The van der Waals surface area contributed by atoms with Crippen LogP contribution in [0.2, 0.25) is 0 Å². The summed E-state index contributed by atoms with van der Waals surface area (Å²) in [6.07, 6.45) is 2.17. The molecule has 0 spiro atoms. The number of aryl methyl sites for hydroxylation is 1. The molecule has 0 aliphatic carbocycles. The van der Waals surface area contributed by atoms with Gasteiger partial charge in [-0.1, -0.05) is 32.9 Å². The molecule has 0 saturated carbocycles. The van der Waals surface area contributed by atoms with Gasteiger partial charge in [0.2, 0.25) is 0 Å². The van der Waals surface area contributed by atoms with Crippen molar-refractivity contribution < 1.29 is 0 Å². The Kier molecular flexibility index (Phi) is 5.18. The number of hydrogen-bond acceptors (Lipinski definition) is 2. The minimum atomic E-state index is 0.497. The zero-order chi connectivity index (χ0) is 14.5. The van der Waals surface area contributed by atoms with Gasteiger partial charge in [-0.2, -0.15) is 0 Å². The second-order valence-electron chi connectivity index (χ2n) is 5.77. The van der Waals surface area contributed by atoms with Crippen molar-refractivity contribution in [1.29, 1.82) is 0 Å². The molecule has 1 aromatic heterocycles. The monoisotopic (exact) mass is 273 g/mol. The van der Waals surface area contributed by atoms with E-state index >= 15 is 0 Å². The van der Waals surface area contributed by atoms with Crippen LogP contribution in [0, 0.1) is 5.92 Å². The summed E-state index contributed by atoms with van der Waals surface area (Å²) in [6, 6.07) is 8.93. The van der Waals surface area contributed by atoms with Crippen molar-refractivity contribution in [2.45, 2.75) is 53.1 Å². The van der Waals surface area contributed by atoms with Gasteiger partial charge in [0.05, 0.1) is 11.0 Å². The molecule has 20 heavy (non-hydrogen) atoms. The van der Waals surface area contributed by atoms with Crippen molar-refractivity contribution in [3.05, 3.63) is 30.1 Å². The summed E-state index contributed by atoms with van der Waals surface area (Å²) in [5.74, 6) is 1.82. The first-order valence-corrected chi connectivity index (χ1v) is 7.84. The second-order valence-corrected chi connectivity index (χ2v) is 5.77. The first kappa shape index (κ1) is 15.0. The van der Waals surface area contributed by atoms with Crippen LogP contribution in [-0.4, -0.2) is 22.1 Å². The first-order chi connectivity index (χ1) is 9.67. The van der Waals surface area contributed by atoms with Crippen LogP contribution < -0.4 is 5.32 Å². The van der Waals surface area contributed by atoms with Crippen molar-refractivity contribution >= 4 is 11.0 Å². The highest BCUT2D eigenvalue weighted by molar-refractivity contribution is 5.75. The third-order valence-electron chi connectivity index (χ3n) is 3.91. The normalized spacial score (nSPS) is 13.2. The lowest BCUT2D eigenvalue weighted by atomic mass is 10.0. The van der Waals surface area contributed by atoms with E-state index in [4.69, 9.17) is 4.98 Å². The van der Waals surface area contributed by atoms with Crippen molar-refractivity contribution in [2.75, 3.05) is 6.54 Å². The second kappa shape index (κ2) is 6.89. The highest BCUT2D eigenvalue weighted by atomic mass is 15.1. The van der Waals surface area contributed by atoms with Crippen LogP contribution in [0.4, 0.5) is 0 Å². The number of hydrogen-bond donors (Lipinski definition) is 1. The SMILES string of the molecule is CCCNC(Cc1nc2ccccc2n1CC)C(C)C. The van der Waals surface area contributed by atoms with E-state index in [9.17, 15) is 0 Å². The summed E-state index contributed by atoms with van der Waals surface area (Å²) >= 11 is 0. The third kappa shape index (κ3) is 3.21. The summed E-state index contributed by atoms with van der Waals surface area (Å²) in [6.45, 7) is 11.0. The summed E-state index contributed by atoms with van der Waals surface area (Å²) in [7, 11) is 0. The number of fused-ring (bicyclic) bond motifs is 1. The fourth-order valence-corrected chi connectivity index (χ4v) is 2.70. The molecule has 2 rings (SSSR count). The average Bonchev–Trinajstić information content (AvgIpc) is 2.80. The zero-order valence-electron chi connectivity index (χ0n) is 13.2. The lowest BCUT2D eigenvalue weighted by Gasteiger charge is -2.22. The Hall–Kier alpha value is -1.35. The van der Waals surface area contributed by atoms with Crippen molar-refractivity contribution in [1.82, 2.24) is 14.9 Å². The van der Waals surface area contributed by atoms with Crippen LogP contribution in [0.25, 0.3) is 11.0 Å². The number of benzene rings is 1. The van der Waals surface area contributed by atoms with Gasteiger partial charge in [-0.15, -0.1) is 0 Å². The van der Waals surface area contributed by atoms with Crippen LogP contribution in [0.15, 0.2) is 24.3 Å². The molecule has 0 aliphatic heterocycles. The fourth-order valence-electron chi connectivity index (χ4n) is 2.70. The lowest BCUT2D eigenvalue weighted by molar-refractivity contribution is 0.387. The molecule has 1 heterocycles. The Balaban J connectivity index is 2.26. The molecule has 0 aliphatic rings. The number of nitrogens with one attached hydrogen (secondary N) is 1. The third-order valence-corrected chi connectivity index (χ3v) is 3.91. The van der Waals surface area contributed by atoms with E-state index in [1.54, 1.807) is 0 Å². The predicted molar refractivity (Wildman–Crippen MR) is 86.0 cm³/mol. The van der Waals surface area contributed by atoms with Gasteiger partial charge in [-0.25, -0.2) is 4.98 Å². The molecule has 0 bridgehead atoms. The average molecular weight is 273 g/mol. The lowest BCUT2D eigenvalue weighted by Crippen LogP contribution is -2.37. The molecule has 1 aromatic carbocycles. The minimum Gasteiger partial charge on any atom is -0.328 e. The Morgan fingerprint density at radius 3 is 2.60 bits per heavy atom. The van der Waals surface area contributed by atoms with Crippen LogP contribution in [-0.2, 0) is 13.0 Å². The maximum atomic E-state index is 4.84. The quantitative estimate of drug-likeness (QED) is 0.835. The summed E-state index contributed by atoms with van der Waals surface area (Å²) < 4.78 is 2.35. The molecular formula is C17H27N3. The maximum Gasteiger partial charge on any atom is 0.111 e. The highest BCUT2D eigenvalue weighted by Gasteiger charge is 2.17. The number of para-hydroxylation sites is 2. The van der Waals surface area contributed by atoms with Crippen LogP contribution >= 0.6 is 0 Å². The number of imidazole rings is 1. The molecule has 0 radical (unpaired) electrons. The fraction of sp³-hybridized carbons (Fsp3) is 0.588. The molecule has 0 amide bonds. The van der Waals surface area contributed by atoms with Gasteiger partial charge in [0, 0.05) is 19.0 Å². The van der Waals surface area contributed by atoms with Gasteiger partial charge in [-0.3, -0.25) is 0 Å². The van der Waals surface area contributed by atoms with Gasteiger partial charge in [0.25, 0.3) is 0 Å². The Labute approximate surface area is 122 Å². The zero-order valence-corrected chi connectivity index (χ0v) is 13.2. The molecule has 3 nitrogen and oxygen atoms in total. The topological polar surface area (TPSA) is 29.9 Å². The smallest absolute Gasteiger partial charge is 0.111 e. The summed E-state index contributed by atoms with van der Waals surface area (Å²) in [5, 5.41) is 3.66. The molecular weight excluding hydrogens is 246 g/mol. The van der Waals surface area contributed by atoms with Gasteiger partial charge in [-0.05, 0) is 37.9 Å². The van der Waals surface area contributed by atoms with E-state index in [1.165, 1.54) is 17.8 Å². The number of rotatable bonds is 7. The maximum absolute atomic E-state index is 4.84. The van der Waals surface area contributed by atoms with Crippen LogP contribution in [0.3, 0.4) is 0 Å². The minimum absolute atomic E-state index is 0.497. The van der Waals surface area contributed by atoms with Crippen molar-refractivity contribution in [3.8, 4) is 0 Å². The molecule has 1 atom stereocenters. The summed E-state index contributed by atoms with van der Waals surface area (Å²) in [4.78, 5) is 4.84. The van der Waals surface area contributed by atoms with E-state index in [0.29, 0.717) is 12.0 Å². The van der Waals surface area contributed by atoms with Gasteiger partial charge in [0.15, 0.2) is 0 Å². The predicted octanol–water partition coefficient (Wildman–Crippen LogP) is 3.62. The Morgan fingerprint density at radius 1 is 1.20 bits per heavy atom. The van der Waals surface area contributed by atoms with Gasteiger partial charge >= 0.3 is 0 Å². The molecule has 2 aromatic rings. The summed E-state index contributed by atoms with van der Waals surface area (Å²) in [5.41, 5.74) is 2.37. The number of nitrogens with zero attached hydrogens (tertiary/aromatic N) is 2. The molecule has 3 heteroatoms. The number of aromatic nitrogens is 2.